The van der Waals surface area contributed by atoms with Crippen LogP contribution in [0.1, 0.15) is 12.5 Å². The third kappa shape index (κ3) is 3.16. The highest BCUT2D eigenvalue weighted by atomic mass is 16.6. The summed E-state index contributed by atoms with van der Waals surface area (Å²) in [6.45, 7) is 4.17. The fourth-order valence-corrected chi connectivity index (χ4v) is 1.29. The van der Waals surface area contributed by atoms with Crippen molar-refractivity contribution < 1.29 is 9.66 Å². The summed E-state index contributed by atoms with van der Waals surface area (Å²) in [5.74, 6) is 0.278. The van der Waals surface area contributed by atoms with Crippen molar-refractivity contribution in [2.45, 2.75) is 20.0 Å². The van der Waals surface area contributed by atoms with Gasteiger partial charge in [0, 0.05) is 18.3 Å². The van der Waals surface area contributed by atoms with Crippen LogP contribution in [-0.2, 0) is 0 Å². The van der Waals surface area contributed by atoms with Crippen molar-refractivity contribution in [2.24, 2.45) is 0 Å². The molecule has 0 aliphatic heterocycles. The Morgan fingerprint density at radius 3 is 2.94 bits per heavy atom. The Morgan fingerprint density at radius 1 is 1.69 bits per heavy atom. The summed E-state index contributed by atoms with van der Waals surface area (Å²) in [6, 6.07) is 1.35. The molecule has 0 aliphatic carbocycles. The molecule has 0 amide bonds. The minimum Gasteiger partial charge on any atom is -0.473 e. The van der Waals surface area contributed by atoms with Gasteiger partial charge in [-0.2, -0.15) is 0 Å². The molecule has 1 rings (SSSR count). The second kappa shape index (κ2) is 5.41. The number of aromatic nitrogens is 1. The van der Waals surface area contributed by atoms with Crippen molar-refractivity contribution in [1.29, 1.82) is 0 Å². The number of nitro groups is 1. The topological polar surface area (TPSA) is 77.3 Å². The highest BCUT2D eigenvalue weighted by Gasteiger charge is 2.14. The number of nitrogens with zero attached hydrogens (tertiary/aromatic N) is 2. The normalized spacial score (nSPS) is 12.2. The van der Waals surface area contributed by atoms with Crippen LogP contribution < -0.4 is 10.1 Å². The predicted octanol–water partition coefficient (Wildman–Crippen LogP) is 1.28. The first kappa shape index (κ1) is 12.4. The first-order valence-corrected chi connectivity index (χ1v) is 4.97. The minimum atomic E-state index is -0.438. The molecule has 16 heavy (non-hydrogen) atoms. The minimum absolute atomic E-state index is 0.0293. The van der Waals surface area contributed by atoms with Crippen molar-refractivity contribution in [3.63, 3.8) is 0 Å². The van der Waals surface area contributed by atoms with Crippen LogP contribution in [0.5, 0.6) is 5.88 Å². The predicted molar refractivity (Wildman–Crippen MR) is 59.6 cm³/mol. The second-order valence-corrected chi connectivity index (χ2v) is 3.55. The van der Waals surface area contributed by atoms with Crippen LogP contribution in [0.15, 0.2) is 12.3 Å². The molecule has 0 aliphatic rings. The van der Waals surface area contributed by atoms with Crippen LogP contribution in [0, 0.1) is 17.0 Å². The van der Waals surface area contributed by atoms with Crippen molar-refractivity contribution in [2.75, 3.05) is 13.6 Å². The molecule has 1 atom stereocenters. The van der Waals surface area contributed by atoms with Crippen LogP contribution >= 0.6 is 0 Å². The van der Waals surface area contributed by atoms with Gasteiger partial charge in [-0.3, -0.25) is 10.1 Å². The summed E-state index contributed by atoms with van der Waals surface area (Å²) in [6.07, 6.45) is 1.36. The summed E-state index contributed by atoms with van der Waals surface area (Å²) in [4.78, 5) is 14.2. The van der Waals surface area contributed by atoms with Gasteiger partial charge in [-0.1, -0.05) is 0 Å². The smallest absolute Gasteiger partial charge is 0.279 e. The first-order chi connectivity index (χ1) is 7.54. The zero-order valence-corrected chi connectivity index (χ0v) is 9.56. The molecule has 6 nitrogen and oxygen atoms in total. The van der Waals surface area contributed by atoms with Crippen LogP contribution in [-0.4, -0.2) is 29.6 Å². The zero-order valence-electron chi connectivity index (χ0n) is 9.56. The number of hydrogen-bond acceptors (Lipinski definition) is 5. The van der Waals surface area contributed by atoms with Gasteiger partial charge >= 0.3 is 0 Å². The standard InChI is InChI=1S/C10H15N3O3/c1-7-5-12-10(4-9(7)13(14)15)16-8(2)6-11-3/h4-5,8,11H,6H2,1-3H3. The summed E-state index contributed by atoms with van der Waals surface area (Å²) >= 11 is 0. The Balaban J connectivity index is 2.82. The van der Waals surface area contributed by atoms with Gasteiger partial charge in [0.25, 0.3) is 5.69 Å². The van der Waals surface area contributed by atoms with E-state index in [9.17, 15) is 10.1 Å². The van der Waals surface area contributed by atoms with Crippen LogP contribution in [0.3, 0.4) is 0 Å². The Morgan fingerprint density at radius 2 is 2.38 bits per heavy atom. The summed E-state index contributed by atoms with van der Waals surface area (Å²) < 4.78 is 5.42. The molecule has 0 aromatic carbocycles. The molecule has 1 heterocycles. The van der Waals surface area contributed by atoms with Gasteiger partial charge in [0.15, 0.2) is 0 Å². The van der Waals surface area contributed by atoms with E-state index in [1.54, 1.807) is 6.92 Å². The SMILES string of the molecule is CNCC(C)Oc1cc([N+](=O)[O-])c(C)cn1. The van der Waals surface area contributed by atoms with E-state index in [1.165, 1.54) is 12.3 Å². The van der Waals surface area contributed by atoms with Crippen molar-refractivity contribution in [3.8, 4) is 5.88 Å². The quantitative estimate of drug-likeness (QED) is 0.603. The molecule has 1 N–H and O–H groups in total. The van der Waals surface area contributed by atoms with E-state index in [4.69, 9.17) is 4.74 Å². The molecular formula is C10H15N3O3. The van der Waals surface area contributed by atoms with E-state index in [0.717, 1.165) is 0 Å². The average molecular weight is 225 g/mol. The highest BCUT2D eigenvalue weighted by molar-refractivity contribution is 5.40. The third-order valence-corrected chi connectivity index (χ3v) is 2.06. The largest absolute Gasteiger partial charge is 0.473 e. The molecule has 1 aromatic heterocycles. The molecule has 6 heteroatoms. The third-order valence-electron chi connectivity index (χ3n) is 2.06. The number of hydrogen-bond donors (Lipinski definition) is 1. The van der Waals surface area contributed by atoms with E-state index >= 15 is 0 Å². The van der Waals surface area contributed by atoms with Gasteiger partial charge in [-0.15, -0.1) is 0 Å². The lowest BCUT2D eigenvalue weighted by Gasteiger charge is -2.12. The lowest BCUT2D eigenvalue weighted by atomic mass is 10.2. The molecule has 0 bridgehead atoms. The lowest BCUT2D eigenvalue weighted by molar-refractivity contribution is -0.385. The molecule has 0 spiro atoms. The second-order valence-electron chi connectivity index (χ2n) is 3.55. The number of aryl methyl sites for hydroxylation is 1. The van der Waals surface area contributed by atoms with Crippen LogP contribution in [0.4, 0.5) is 5.69 Å². The fraction of sp³-hybridized carbons (Fsp3) is 0.500. The molecule has 0 fully saturated rings. The monoisotopic (exact) mass is 225 g/mol. The van der Waals surface area contributed by atoms with E-state index in [1.807, 2.05) is 14.0 Å². The van der Waals surface area contributed by atoms with E-state index in [2.05, 4.69) is 10.3 Å². The number of nitrogens with one attached hydrogen (secondary N) is 1. The Hall–Kier alpha value is -1.69. The molecule has 0 saturated carbocycles. The summed E-state index contributed by atoms with van der Waals surface area (Å²) in [7, 11) is 1.81. The maximum absolute atomic E-state index is 10.7. The van der Waals surface area contributed by atoms with E-state index in [0.29, 0.717) is 12.1 Å². The fourth-order valence-electron chi connectivity index (χ4n) is 1.29. The van der Waals surface area contributed by atoms with Gasteiger partial charge < -0.3 is 10.1 Å². The molecule has 0 radical (unpaired) electrons. The van der Waals surface area contributed by atoms with Crippen molar-refractivity contribution in [3.05, 3.63) is 27.9 Å². The number of ether oxygens (including phenoxy) is 1. The maximum atomic E-state index is 10.7. The lowest BCUT2D eigenvalue weighted by Crippen LogP contribution is -2.26. The van der Waals surface area contributed by atoms with Gasteiger partial charge in [-0.25, -0.2) is 4.98 Å². The summed E-state index contributed by atoms with van der Waals surface area (Å²) in [5.41, 5.74) is 0.556. The Kier molecular flexibility index (Phi) is 4.19. The molecule has 88 valence electrons. The van der Waals surface area contributed by atoms with Gasteiger partial charge in [-0.05, 0) is 20.9 Å². The van der Waals surface area contributed by atoms with E-state index in [-0.39, 0.29) is 17.7 Å². The summed E-state index contributed by atoms with van der Waals surface area (Å²) in [5, 5.41) is 13.6. The Bertz CT molecular complexity index is 382. The number of pyridine rings is 1. The zero-order chi connectivity index (χ0) is 12.1. The molecular weight excluding hydrogens is 210 g/mol. The van der Waals surface area contributed by atoms with Crippen molar-refractivity contribution >= 4 is 5.69 Å². The average Bonchev–Trinajstić information content (AvgIpc) is 2.21. The van der Waals surface area contributed by atoms with Gasteiger partial charge in [0.05, 0.1) is 11.0 Å². The van der Waals surface area contributed by atoms with Crippen LogP contribution in [0.25, 0.3) is 0 Å². The maximum Gasteiger partial charge on any atom is 0.279 e. The van der Waals surface area contributed by atoms with Crippen LogP contribution in [0.2, 0.25) is 0 Å². The first-order valence-electron chi connectivity index (χ1n) is 4.97. The van der Waals surface area contributed by atoms with Gasteiger partial charge in [0.1, 0.15) is 6.10 Å². The van der Waals surface area contributed by atoms with E-state index < -0.39 is 4.92 Å². The number of rotatable bonds is 5. The highest BCUT2D eigenvalue weighted by Crippen LogP contribution is 2.21. The molecule has 0 saturated heterocycles. The number of likely N-dealkylation sites (N-methyl/N-ethyl adjacent to an activating group) is 1. The molecule has 1 unspecified atom stereocenters. The van der Waals surface area contributed by atoms with Crippen molar-refractivity contribution in [1.82, 2.24) is 10.3 Å². The van der Waals surface area contributed by atoms with Gasteiger partial charge in [0.2, 0.25) is 5.88 Å². The molecule has 1 aromatic rings. The Labute approximate surface area is 93.8 Å².